The van der Waals surface area contributed by atoms with Crippen LogP contribution in [0.4, 0.5) is 0 Å². The number of hydrogen-bond donors (Lipinski definition) is 0. The molecule has 44 heavy (non-hydrogen) atoms. The van der Waals surface area contributed by atoms with Crippen molar-refractivity contribution in [3.63, 3.8) is 0 Å². The van der Waals surface area contributed by atoms with Crippen molar-refractivity contribution in [2.75, 3.05) is 0 Å². The Labute approximate surface area is 274 Å². The number of benzene rings is 5. The molecule has 217 valence electrons. The Bertz CT molecular complexity index is 1630. The van der Waals surface area contributed by atoms with E-state index in [-0.39, 0.29) is 20.1 Å². The van der Waals surface area contributed by atoms with Crippen LogP contribution < -0.4 is 0 Å². The molecule has 0 amide bonds. The van der Waals surface area contributed by atoms with Crippen molar-refractivity contribution >= 4 is 0 Å². The first-order valence-electron chi connectivity index (χ1n) is 14.1. The molecule has 0 fully saturated rings. The molecule has 5 aromatic carbocycles. The Balaban J connectivity index is 0.000000155. The topological polar surface area (TPSA) is 25.8 Å². The Morgan fingerprint density at radius 3 is 1.43 bits per heavy atom. The smallest absolute Gasteiger partial charge is 0.0239 e. The molecule has 0 spiro atoms. The van der Waals surface area contributed by atoms with E-state index in [4.69, 9.17) is 0 Å². The van der Waals surface area contributed by atoms with E-state index in [0.29, 0.717) is 0 Å². The van der Waals surface area contributed by atoms with E-state index in [1.54, 1.807) is 6.20 Å². The van der Waals surface area contributed by atoms with Crippen molar-refractivity contribution in [1.29, 1.82) is 0 Å². The molecule has 0 aliphatic heterocycles. The van der Waals surface area contributed by atoms with Gasteiger partial charge in [-0.05, 0) is 35.5 Å². The van der Waals surface area contributed by atoms with Gasteiger partial charge in [0, 0.05) is 32.5 Å². The predicted octanol–water partition coefficient (Wildman–Crippen LogP) is 10.0. The molecule has 2 heterocycles. The summed E-state index contributed by atoms with van der Waals surface area (Å²) in [5, 5.41) is 0. The second kappa shape index (κ2) is 17.2. The fourth-order valence-corrected chi connectivity index (χ4v) is 4.38. The number of pyridine rings is 2. The van der Waals surface area contributed by atoms with E-state index in [2.05, 4.69) is 59.4 Å². The van der Waals surface area contributed by atoms with Crippen molar-refractivity contribution in [1.82, 2.24) is 9.97 Å². The van der Waals surface area contributed by atoms with Crippen LogP contribution in [-0.4, -0.2) is 9.97 Å². The van der Waals surface area contributed by atoms with Crippen LogP contribution in [0.2, 0.25) is 0 Å². The Kier molecular flexibility index (Phi) is 12.5. The Hall–Kier alpha value is -4.95. The number of aromatic nitrogens is 2. The van der Waals surface area contributed by atoms with Gasteiger partial charge < -0.3 is 9.97 Å². The van der Waals surface area contributed by atoms with Crippen molar-refractivity contribution in [3.8, 4) is 44.8 Å². The molecule has 0 bridgehead atoms. The second-order valence-corrected chi connectivity index (χ2v) is 9.58. The van der Waals surface area contributed by atoms with Gasteiger partial charge in [0.15, 0.2) is 0 Å². The van der Waals surface area contributed by atoms with Crippen molar-refractivity contribution in [2.45, 2.75) is 6.92 Å². The molecular weight excluding hydrogens is 713 g/mol. The van der Waals surface area contributed by atoms with Gasteiger partial charge in [0.1, 0.15) is 0 Å². The van der Waals surface area contributed by atoms with Gasteiger partial charge in [0.05, 0.1) is 0 Å². The summed E-state index contributed by atoms with van der Waals surface area (Å²) in [4.78, 5) is 8.81. The minimum absolute atomic E-state index is 0. The third kappa shape index (κ3) is 9.28. The normalized spacial score (nSPS) is 9.75. The van der Waals surface area contributed by atoms with Crippen molar-refractivity contribution in [3.05, 3.63) is 194 Å². The number of nitrogens with zero attached hydrogens (tertiary/aromatic N) is 2. The average molecular weight is 743 g/mol. The van der Waals surface area contributed by atoms with Crippen LogP contribution in [0, 0.1) is 31.2 Å². The molecule has 7 rings (SSSR count). The van der Waals surface area contributed by atoms with Crippen LogP contribution >= 0.6 is 0 Å². The molecule has 1 radical (unpaired) electrons. The summed E-state index contributed by atoms with van der Waals surface area (Å²) in [7, 11) is 0. The van der Waals surface area contributed by atoms with Gasteiger partial charge in [-0.3, -0.25) is 0 Å². The molecule has 0 saturated carbocycles. The zero-order valence-electron chi connectivity index (χ0n) is 24.3. The van der Waals surface area contributed by atoms with Gasteiger partial charge in [0.2, 0.25) is 0 Å². The number of aryl methyl sites for hydroxylation is 1. The second-order valence-electron chi connectivity index (χ2n) is 9.58. The van der Waals surface area contributed by atoms with Gasteiger partial charge in [-0.2, -0.15) is 48.5 Å². The minimum Gasteiger partial charge on any atom is -0.305 e. The van der Waals surface area contributed by atoms with Crippen molar-refractivity contribution < 1.29 is 20.1 Å². The van der Waals surface area contributed by atoms with E-state index < -0.39 is 0 Å². The molecule has 0 atom stereocenters. The molecule has 2 aromatic heterocycles. The molecule has 0 N–H and O–H groups in total. The summed E-state index contributed by atoms with van der Waals surface area (Å²) in [6.07, 6.45) is 3.72. The Morgan fingerprint density at radius 1 is 0.455 bits per heavy atom. The van der Waals surface area contributed by atoms with E-state index in [1.807, 2.05) is 140 Å². The van der Waals surface area contributed by atoms with Gasteiger partial charge in [-0.15, -0.1) is 83.9 Å². The summed E-state index contributed by atoms with van der Waals surface area (Å²) in [5.74, 6) is 0. The first kappa shape index (κ1) is 32.0. The third-order valence-electron chi connectivity index (χ3n) is 6.51. The van der Waals surface area contributed by atoms with Gasteiger partial charge >= 0.3 is 0 Å². The van der Waals surface area contributed by atoms with E-state index in [1.165, 1.54) is 11.1 Å². The molecule has 0 saturated heterocycles. The average Bonchev–Trinajstić information content (AvgIpc) is 3.11. The third-order valence-corrected chi connectivity index (χ3v) is 6.51. The van der Waals surface area contributed by atoms with Crippen molar-refractivity contribution in [2.24, 2.45) is 0 Å². The van der Waals surface area contributed by atoms with Gasteiger partial charge in [-0.1, -0.05) is 54.1 Å². The fourth-order valence-electron chi connectivity index (χ4n) is 4.38. The SMILES string of the molecule is Cc1cc(-c2ccccc2)cnc1-c1[c-]cccc1.[Ir].[c-]1ccccc1-c1[c-]cccc1.[c-]1ccccc1-c1ccccn1. The van der Waals surface area contributed by atoms with Crippen LogP contribution in [0.25, 0.3) is 44.8 Å². The minimum atomic E-state index is 0. The summed E-state index contributed by atoms with van der Waals surface area (Å²) in [6.45, 7) is 2.09. The molecule has 3 heteroatoms. The van der Waals surface area contributed by atoms with Crippen LogP contribution in [0.3, 0.4) is 0 Å². The monoisotopic (exact) mass is 743 g/mol. The largest absolute Gasteiger partial charge is 0.305 e. The maximum absolute atomic E-state index is 4.59. The Morgan fingerprint density at radius 2 is 0.955 bits per heavy atom. The zero-order valence-corrected chi connectivity index (χ0v) is 26.7. The maximum atomic E-state index is 4.59. The fraction of sp³-hybridized carbons (Fsp3) is 0.0244. The molecule has 0 aliphatic carbocycles. The van der Waals surface area contributed by atoms with Gasteiger partial charge in [-0.25, -0.2) is 11.1 Å². The van der Waals surface area contributed by atoms with E-state index in [9.17, 15) is 0 Å². The van der Waals surface area contributed by atoms with Gasteiger partial charge in [0.25, 0.3) is 0 Å². The molecule has 2 nitrogen and oxygen atoms in total. The summed E-state index contributed by atoms with van der Waals surface area (Å²) in [5.41, 5.74) is 9.76. The summed E-state index contributed by atoms with van der Waals surface area (Å²) < 4.78 is 0. The standard InChI is InChI=1S/C18H14N.C12H8.C11H8N.Ir/c1-14-12-17(15-8-4-2-5-9-15)13-19-18(14)16-10-6-3-7-11-16;1-3-7-11(8-4-1)12-9-5-2-6-10-12;1-2-6-10(7-3-1)11-8-4-5-9-12-11;/h2-10,12-13H,1H3;1-7,9H;1-6,8-9H;/q-1;-2;-1;. The van der Waals surface area contributed by atoms with Crippen LogP contribution in [0.15, 0.2) is 164 Å². The number of hydrogen-bond acceptors (Lipinski definition) is 2. The predicted molar refractivity (Wildman–Crippen MR) is 177 cm³/mol. The van der Waals surface area contributed by atoms with E-state index in [0.717, 1.165) is 39.2 Å². The summed E-state index contributed by atoms with van der Waals surface area (Å²) in [6, 6.07) is 62.6. The molecule has 7 aromatic rings. The molecule has 0 unspecified atom stereocenters. The maximum Gasteiger partial charge on any atom is 0.0239 e. The van der Waals surface area contributed by atoms with Crippen LogP contribution in [0.1, 0.15) is 5.56 Å². The van der Waals surface area contributed by atoms with E-state index >= 15 is 0 Å². The van der Waals surface area contributed by atoms with Crippen LogP contribution in [-0.2, 0) is 20.1 Å². The van der Waals surface area contributed by atoms with Crippen LogP contribution in [0.5, 0.6) is 0 Å². The zero-order chi connectivity index (χ0) is 29.5. The quantitative estimate of drug-likeness (QED) is 0.168. The summed E-state index contributed by atoms with van der Waals surface area (Å²) >= 11 is 0. The molecular formula is C41H30IrN2-4. The molecule has 0 aliphatic rings. The first-order valence-corrected chi connectivity index (χ1v) is 14.1. The first-order chi connectivity index (χ1) is 21.3. The number of rotatable bonds is 4.